The van der Waals surface area contributed by atoms with Crippen LogP contribution in [-0.2, 0) is 4.79 Å². The van der Waals surface area contributed by atoms with Gasteiger partial charge in [-0.2, -0.15) is 0 Å². The molecule has 0 unspecified atom stereocenters. The highest BCUT2D eigenvalue weighted by Gasteiger charge is 2.06. The molecular formula is C9H9FO3. The van der Waals surface area contributed by atoms with Crippen LogP contribution in [0, 0.1) is 12.7 Å². The molecule has 4 heteroatoms. The van der Waals surface area contributed by atoms with Gasteiger partial charge in [0.25, 0.3) is 0 Å². The summed E-state index contributed by atoms with van der Waals surface area (Å²) in [7, 11) is 0. The first-order valence-corrected chi connectivity index (χ1v) is 3.71. The van der Waals surface area contributed by atoms with E-state index in [2.05, 4.69) is 0 Å². The van der Waals surface area contributed by atoms with E-state index in [0.29, 0.717) is 5.56 Å². The number of hydrogen-bond donors (Lipinski definition) is 1. The molecule has 0 atom stereocenters. The van der Waals surface area contributed by atoms with Crippen molar-refractivity contribution in [2.75, 3.05) is 6.61 Å². The van der Waals surface area contributed by atoms with E-state index in [9.17, 15) is 9.18 Å². The Bertz CT molecular complexity index is 323. The van der Waals surface area contributed by atoms with Gasteiger partial charge >= 0.3 is 5.97 Å². The number of aliphatic carboxylic acids is 1. The third-order valence-electron chi connectivity index (χ3n) is 1.51. The van der Waals surface area contributed by atoms with Crippen LogP contribution in [0.25, 0.3) is 0 Å². The number of hydrogen-bond acceptors (Lipinski definition) is 2. The average molecular weight is 184 g/mol. The zero-order chi connectivity index (χ0) is 9.84. The number of carboxylic acids is 1. The number of rotatable bonds is 3. The maximum atomic E-state index is 13.1. The van der Waals surface area contributed by atoms with E-state index in [-0.39, 0.29) is 5.75 Å². The monoisotopic (exact) mass is 184 g/mol. The number of ether oxygens (including phenoxy) is 1. The largest absolute Gasteiger partial charge is 0.479 e. The van der Waals surface area contributed by atoms with Gasteiger partial charge in [-0.1, -0.05) is 12.1 Å². The summed E-state index contributed by atoms with van der Waals surface area (Å²) in [6, 6.07) is 4.59. The number of carbonyl (C=O) groups is 1. The van der Waals surface area contributed by atoms with Gasteiger partial charge in [0.15, 0.2) is 18.2 Å². The molecule has 0 fully saturated rings. The maximum absolute atomic E-state index is 13.1. The molecule has 1 aromatic carbocycles. The minimum absolute atomic E-state index is 0.0256. The lowest BCUT2D eigenvalue weighted by Crippen LogP contribution is -2.10. The van der Waals surface area contributed by atoms with Crippen molar-refractivity contribution >= 4 is 5.97 Å². The lowest BCUT2D eigenvalue weighted by molar-refractivity contribution is -0.139. The van der Waals surface area contributed by atoms with E-state index >= 15 is 0 Å². The second-order valence-corrected chi connectivity index (χ2v) is 2.57. The van der Waals surface area contributed by atoms with Crippen molar-refractivity contribution in [2.24, 2.45) is 0 Å². The molecule has 0 heterocycles. The maximum Gasteiger partial charge on any atom is 0.341 e. The molecule has 0 aliphatic carbocycles. The Morgan fingerprint density at radius 1 is 1.62 bits per heavy atom. The number of carboxylic acid groups (broad SMARTS) is 1. The first-order valence-electron chi connectivity index (χ1n) is 3.71. The van der Waals surface area contributed by atoms with Crippen molar-refractivity contribution < 1.29 is 19.0 Å². The first-order chi connectivity index (χ1) is 6.11. The average Bonchev–Trinajstić information content (AvgIpc) is 2.07. The van der Waals surface area contributed by atoms with Crippen LogP contribution in [0.3, 0.4) is 0 Å². The van der Waals surface area contributed by atoms with Crippen molar-refractivity contribution in [1.29, 1.82) is 0 Å². The predicted molar refractivity (Wildman–Crippen MR) is 44.3 cm³/mol. The molecule has 0 aliphatic rings. The molecule has 0 aliphatic heterocycles. The summed E-state index contributed by atoms with van der Waals surface area (Å²) < 4.78 is 17.8. The van der Waals surface area contributed by atoms with Gasteiger partial charge in [0.1, 0.15) is 0 Å². The topological polar surface area (TPSA) is 46.5 Å². The van der Waals surface area contributed by atoms with Gasteiger partial charge in [-0.15, -0.1) is 0 Å². The van der Waals surface area contributed by atoms with Crippen LogP contribution in [0.2, 0.25) is 0 Å². The van der Waals surface area contributed by atoms with Crippen molar-refractivity contribution in [3.8, 4) is 5.75 Å². The highest BCUT2D eigenvalue weighted by atomic mass is 19.1. The second-order valence-electron chi connectivity index (χ2n) is 2.57. The van der Waals surface area contributed by atoms with Crippen LogP contribution < -0.4 is 4.74 Å². The molecular weight excluding hydrogens is 175 g/mol. The highest BCUT2D eigenvalue weighted by molar-refractivity contribution is 5.68. The molecule has 70 valence electrons. The highest BCUT2D eigenvalue weighted by Crippen LogP contribution is 2.19. The van der Waals surface area contributed by atoms with E-state index in [0.717, 1.165) is 0 Å². The van der Waals surface area contributed by atoms with Gasteiger partial charge < -0.3 is 9.84 Å². The van der Waals surface area contributed by atoms with Crippen LogP contribution in [0.5, 0.6) is 5.75 Å². The lowest BCUT2D eigenvalue weighted by Gasteiger charge is -2.05. The summed E-state index contributed by atoms with van der Waals surface area (Å²) in [6.07, 6.45) is 0. The van der Waals surface area contributed by atoms with Gasteiger partial charge in [0.2, 0.25) is 0 Å². The fourth-order valence-electron chi connectivity index (χ4n) is 0.871. The van der Waals surface area contributed by atoms with Crippen LogP contribution in [0.4, 0.5) is 4.39 Å². The SMILES string of the molecule is Cc1cccc(OCC(=O)O)c1F. The second kappa shape index (κ2) is 3.89. The Balaban J connectivity index is 2.77. The Morgan fingerprint density at radius 3 is 2.92 bits per heavy atom. The Morgan fingerprint density at radius 2 is 2.31 bits per heavy atom. The van der Waals surface area contributed by atoms with Crippen molar-refractivity contribution in [1.82, 2.24) is 0 Å². The zero-order valence-corrected chi connectivity index (χ0v) is 7.08. The quantitative estimate of drug-likeness (QED) is 0.776. The summed E-state index contributed by atoms with van der Waals surface area (Å²) >= 11 is 0. The summed E-state index contributed by atoms with van der Waals surface area (Å²) in [5, 5.41) is 8.29. The number of benzene rings is 1. The smallest absolute Gasteiger partial charge is 0.341 e. The Labute approximate surface area is 74.8 Å². The van der Waals surface area contributed by atoms with Gasteiger partial charge in [-0.05, 0) is 18.6 Å². The molecule has 0 radical (unpaired) electrons. The van der Waals surface area contributed by atoms with E-state index < -0.39 is 18.4 Å². The molecule has 0 spiro atoms. The minimum atomic E-state index is -1.12. The van der Waals surface area contributed by atoms with Crippen LogP contribution in [0.15, 0.2) is 18.2 Å². The molecule has 1 N–H and O–H groups in total. The summed E-state index contributed by atoms with van der Waals surface area (Å²) in [6.45, 7) is 1.06. The molecule has 0 saturated carbocycles. The molecule has 0 bridgehead atoms. The van der Waals surface area contributed by atoms with Crippen LogP contribution in [0.1, 0.15) is 5.56 Å². The lowest BCUT2D eigenvalue weighted by atomic mass is 10.2. The first kappa shape index (κ1) is 9.51. The van der Waals surface area contributed by atoms with Gasteiger partial charge in [0.05, 0.1) is 0 Å². The normalized spacial score (nSPS) is 9.69. The molecule has 0 saturated heterocycles. The van der Waals surface area contributed by atoms with Gasteiger partial charge in [0, 0.05) is 0 Å². The van der Waals surface area contributed by atoms with Gasteiger partial charge in [-0.3, -0.25) is 0 Å². The fourth-order valence-corrected chi connectivity index (χ4v) is 0.871. The fraction of sp³-hybridized carbons (Fsp3) is 0.222. The molecule has 0 aromatic heterocycles. The van der Waals surface area contributed by atoms with Crippen molar-refractivity contribution in [2.45, 2.75) is 6.92 Å². The van der Waals surface area contributed by atoms with Gasteiger partial charge in [-0.25, -0.2) is 9.18 Å². The third kappa shape index (κ3) is 2.43. The molecule has 13 heavy (non-hydrogen) atoms. The zero-order valence-electron chi connectivity index (χ0n) is 7.08. The van der Waals surface area contributed by atoms with Crippen LogP contribution >= 0.6 is 0 Å². The Kier molecular flexibility index (Phi) is 2.84. The van der Waals surface area contributed by atoms with E-state index in [1.807, 2.05) is 0 Å². The number of aryl methyl sites for hydroxylation is 1. The van der Waals surface area contributed by atoms with Crippen molar-refractivity contribution in [3.05, 3.63) is 29.6 Å². The summed E-state index contributed by atoms with van der Waals surface area (Å²) in [4.78, 5) is 10.1. The standard InChI is InChI=1S/C9H9FO3/c1-6-3-2-4-7(9(6)10)13-5-8(11)12/h2-4H,5H2,1H3,(H,11,12). The third-order valence-corrected chi connectivity index (χ3v) is 1.51. The van der Waals surface area contributed by atoms with E-state index in [1.165, 1.54) is 6.07 Å². The predicted octanol–water partition coefficient (Wildman–Crippen LogP) is 1.60. The molecule has 1 rings (SSSR count). The van der Waals surface area contributed by atoms with Crippen LogP contribution in [-0.4, -0.2) is 17.7 Å². The summed E-state index contributed by atoms with van der Waals surface area (Å²) in [5.41, 5.74) is 0.433. The molecule has 3 nitrogen and oxygen atoms in total. The Hall–Kier alpha value is -1.58. The van der Waals surface area contributed by atoms with E-state index in [4.69, 9.17) is 9.84 Å². The molecule has 0 amide bonds. The molecule has 1 aromatic rings. The van der Waals surface area contributed by atoms with Crippen molar-refractivity contribution in [3.63, 3.8) is 0 Å². The summed E-state index contributed by atoms with van der Waals surface area (Å²) in [5.74, 6) is -1.66. The minimum Gasteiger partial charge on any atom is -0.479 e. The number of halogens is 1. The van der Waals surface area contributed by atoms with E-state index in [1.54, 1.807) is 19.1 Å².